The second kappa shape index (κ2) is 5.82. The largest absolute Gasteiger partial charge is 0.458 e. The molecule has 20 heavy (non-hydrogen) atoms. The molecule has 0 saturated heterocycles. The van der Waals surface area contributed by atoms with E-state index in [2.05, 4.69) is 4.74 Å². The highest BCUT2D eigenvalue weighted by atomic mass is 35.5. The molecular formula is C11H9ClF5NO2. The predicted molar refractivity (Wildman–Crippen MR) is 62.0 cm³/mol. The number of methoxy groups -OCH3 is 1. The van der Waals surface area contributed by atoms with Crippen molar-refractivity contribution in [2.24, 2.45) is 0 Å². The molecule has 0 bridgehead atoms. The number of halogens is 6. The standard InChI is InChI=1S/C11H9ClF5NO2/c1-20-9(19)18(6-12)8-4-2-7(3-5-8)10(13,14)11(15,16)17/h2-5H,6H2,1H3. The van der Waals surface area contributed by atoms with Crippen LogP contribution in [0.3, 0.4) is 0 Å². The normalized spacial score (nSPS) is 12.2. The molecule has 112 valence electrons. The Morgan fingerprint density at radius 3 is 2.05 bits per heavy atom. The van der Waals surface area contributed by atoms with E-state index < -0.39 is 23.8 Å². The Hall–Kier alpha value is -1.57. The van der Waals surface area contributed by atoms with E-state index in [0.29, 0.717) is 12.1 Å². The highest BCUT2D eigenvalue weighted by molar-refractivity contribution is 6.21. The van der Waals surface area contributed by atoms with E-state index in [4.69, 9.17) is 11.6 Å². The summed E-state index contributed by atoms with van der Waals surface area (Å²) in [5, 5.41) is 0. The van der Waals surface area contributed by atoms with Crippen LogP contribution in [-0.2, 0) is 10.7 Å². The Morgan fingerprint density at radius 2 is 1.70 bits per heavy atom. The number of hydrogen-bond acceptors (Lipinski definition) is 2. The van der Waals surface area contributed by atoms with Crippen LogP contribution >= 0.6 is 11.6 Å². The first-order valence-corrected chi connectivity index (χ1v) is 5.65. The Balaban J connectivity index is 3.08. The lowest BCUT2D eigenvalue weighted by molar-refractivity contribution is -0.289. The first-order chi connectivity index (χ1) is 9.15. The molecule has 0 aliphatic heterocycles. The summed E-state index contributed by atoms with van der Waals surface area (Å²) in [6.45, 7) is 0. The van der Waals surface area contributed by atoms with Gasteiger partial charge in [-0.15, -0.1) is 11.6 Å². The van der Waals surface area contributed by atoms with Crippen LogP contribution in [0, 0.1) is 0 Å². The monoisotopic (exact) mass is 317 g/mol. The van der Waals surface area contributed by atoms with E-state index in [1.807, 2.05) is 0 Å². The number of anilines is 1. The molecule has 0 saturated carbocycles. The quantitative estimate of drug-likeness (QED) is 0.477. The van der Waals surface area contributed by atoms with Crippen LogP contribution in [-0.4, -0.2) is 25.4 Å². The van der Waals surface area contributed by atoms with Crippen molar-refractivity contribution in [2.75, 3.05) is 18.0 Å². The Morgan fingerprint density at radius 1 is 1.20 bits per heavy atom. The van der Waals surface area contributed by atoms with Crippen molar-refractivity contribution in [3.8, 4) is 0 Å². The molecule has 0 spiro atoms. The molecule has 0 unspecified atom stereocenters. The Kier molecular flexibility index (Phi) is 4.80. The fraction of sp³-hybridized carbons (Fsp3) is 0.364. The van der Waals surface area contributed by atoms with E-state index in [-0.39, 0.29) is 11.7 Å². The molecule has 0 atom stereocenters. The minimum atomic E-state index is -5.69. The van der Waals surface area contributed by atoms with E-state index >= 15 is 0 Å². The van der Waals surface area contributed by atoms with Gasteiger partial charge in [-0.2, -0.15) is 22.0 Å². The first-order valence-electron chi connectivity index (χ1n) is 5.11. The summed E-state index contributed by atoms with van der Waals surface area (Å²) in [5.41, 5.74) is -1.19. The zero-order valence-electron chi connectivity index (χ0n) is 10.0. The highest BCUT2D eigenvalue weighted by Gasteiger charge is 2.58. The van der Waals surface area contributed by atoms with Gasteiger partial charge >= 0.3 is 18.2 Å². The van der Waals surface area contributed by atoms with E-state index in [9.17, 15) is 26.7 Å². The van der Waals surface area contributed by atoms with Gasteiger partial charge in [-0.25, -0.2) is 4.79 Å². The summed E-state index contributed by atoms with van der Waals surface area (Å²) in [5.74, 6) is -4.97. The molecule has 1 rings (SSSR count). The van der Waals surface area contributed by atoms with Gasteiger partial charge in [-0.1, -0.05) is 12.1 Å². The molecule has 1 aromatic carbocycles. The zero-order chi connectivity index (χ0) is 15.6. The van der Waals surface area contributed by atoms with Crippen LogP contribution in [0.1, 0.15) is 5.56 Å². The van der Waals surface area contributed by atoms with Gasteiger partial charge in [0.05, 0.1) is 7.11 Å². The Bertz CT molecular complexity index is 475. The second-order valence-corrected chi connectivity index (χ2v) is 3.88. The van der Waals surface area contributed by atoms with E-state index in [1.165, 1.54) is 0 Å². The number of hydrogen-bond donors (Lipinski definition) is 0. The first kappa shape index (κ1) is 16.5. The molecule has 1 aromatic rings. The van der Waals surface area contributed by atoms with Gasteiger partial charge in [0, 0.05) is 11.3 Å². The smallest absolute Gasteiger partial charge is 0.452 e. The number of alkyl halides is 6. The number of benzene rings is 1. The summed E-state index contributed by atoms with van der Waals surface area (Å²) < 4.78 is 67.0. The third-order valence-electron chi connectivity index (χ3n) is 2.41. The average Bonchev–Trinajstić information content (AvgIpc) is 2.38. The van der Waals surface area contributed by atoms with Crippen molar-refractivity contribution in [3.63, 3.8) is 0 Å². The molecular weight excluding hydrogens is 309 g/mol. The summed E-state index contributed by atoms with van der Waals surface area (Å²) in [4.78, 5) is 12.1. The Labute approximate surface area is 115 Å². The summed E-state index contributed by atoms with van der Waals surface area (Å²) >= 11 is 5.47. The third-order valence-corrected chi connectivity index (χ3v) is 2.65. The minimum Gasteiger partial charge on any atom is -0.452 e. The lowest BCUT2D eigenvalue weighted by Crippen LogP contribution is -2.34. The second-order valence-electron chi connectivity index (χ2n) is 3.64. The third kappa shape index (κ3) is 3.12. The van der Waals surface area contributed by atoms with E-state index in [1.54, 1.807) is 0 Å². The number of ether oxygens (including phenoxy) is 1. The molecule has 0 aliphatic carbocycles. The fourth-order valence-corrected chi connectivity index (χ4v) is 1.58. The lowest BCUT2D eigenvalue weighted by Gasteiger charge is -2.22. The maximum absolute atomic E-state index is 13.0. The minimum absolute atomic E-state index is 0.0357. The molecule has 0 aliphatic rings. The maximum Gasteiger partial charge on any atom is 0.458 e. The SMILES string of the molecule is COC(=O)N(CCl)c1ccc(C(F)(F)C(F)(F)F)cc1. The molecule has 0 radical (unpaired) electrons. The summed E-state index contributed by atoms with van der Waals surface area (Å²) in [6.07, 6.45) is -6.56. The van der Waals surface area contributed by atoms with Gasteiger partial charge in [0.1, 0.15) is 6.00 Å². The van der Waals surface area contributed by atoms with Crippen molar-refractivity contribution in [1.29, 1.82) is 0 Å². The van der Waals surface area contributed by atoms with Gasteiger partial charge in [-0.05, 0) is 12.1 Å². The maximum atomic E-state index is 13.0. The number of nitrogens with zero attached hydrogens (tertiary/aromatic N) is 1. The van der Waals surface area contributed by atoms with Crippen molar-refractivity contribution in [2.45, 2.75) is 12.1 Å². The molecule has 1 amide bonds. The number of amides is 1. The molecule has 0 fully saturated rings. The highest BCUT2D eigenvalue weighted by Crippen LogP contribution is 2.44. The van der Waals surface area contributed by atoms with Crippen LogP contribution in [0.25, 0.3) is 0 Å². The fourth-order valence-electron chi connectivity index (χ4n) is 1.35. The molecule has 0 N–H and O–H groups in total. The predicted octanol–water partition coefficient (Wildman–Crippen LogP) is 4.11. The molecule has 3 nitrogen and oxygen atoms in total. The van der Waals surface area contributed by atoms with Crippen molar-refractivity contribution in [1.82, 2.24) is 0 Å². The van der Waals surface area contributed by atoms with Gasteiger partial charge in [-0.3, -0.25) is 4.90 Å². The molecule has 9 heteroatoms. The number of carbonyl (C=O) groups excluding carboxylic acids is 1. The molecule has 0 aromatic heterocycles. The van der Waals surface area contributed by atoms with Gasteiger partial charge in [0.15, 0.2) is 0 Å². The van der Waals surface area contributed by atoms with E-state index in [0.717, 1.165) is 24.1 Å². The van der Waals surface area contributed by atoms with Crippen molar-refractivity contribution >= 4 is 23.4 Å². The summed E-state index contributed by atoms with van der Waals surface area (Å²) in [7, 11) is 1.08. The lowest BCUT2D eigenvalue weighted by atomic mass is 10.1. The number of rotatable bonds is 3. The van der Waals surface area contributed by atoms with Crippen LogP contribution in [0.2, 0.25) is 0 Å². The zero-order valence-corrected chi connectivity index (χ0v) is 10.8. The van der Waals surface area contributed by atoms with Crippen LogP contribution in [0.4, 0.5) is 32.4 Å². The summed E-state index contributed by atoms with van der Waals surface area (Å²) in [6, 6.07) is 2.65. The van der Waals surface area contributed by atoms with Crippen LogP contribution < -0.4 is 4.90 Å². The van der Waals surface area contributed by atoms with Crippen LogP contribution in [0.15, 0.2) is 24.3 Å². The van der Waals surface area contributed by atoms with Gasteiger partial charge in [0.25, 0.3) is 0 Å². The van der Waals surface area contributed by atoms with Gasteiger partial charge < -0.3 is 4.74 Å². The van der Waals surface area contributed by atoms with Crippen molar-refractivity contribution < 1.29 is 31.5 Å². The number of carbonyl (C=O) groups is 1. The van der Waals surface area contributed by atoms with Gasteiger partial charge in [0.2, 0.25) is 0 Å². The molecule has 0 heterocycles. The average molecular weight is 318 g/mol. The topological polar surface area (TPSA) is 29.5 Å². The van der Waals surface area contributed by atoms with Crippen molar-refractivity contribution in [3.05, 3.63) is 29.8 Å². The van der Waals surface area contributed by atoms with Crippen LogP contribution in [0.5, 0.6) is 0 Å².